The van der Waals surface area contributed by atoms with Gasteiger partial charge in [0.2, 0.25) is 0 Å². The number of nitrogens with zero attached hydrogens (tertiary/aromatic N) is 3. The molecule has 2 aromatic rings. The fraction of sp³-hybridized carbons (Fsp3) is 0.176. The van der Waals surface area contributed by atoms with Crippen molar-refractivity contribution in [3.05, 3.63) is 62.6 Å². The molecule has 0 aromatic heterocycles. The third-order valence-electron chi connectivity index (χ3n) is 3.30. The summed E-state index contributed by atoms with van der Waals surface area (Å²) in [6, 6.07) is 11.7. The molecule has 1 amide bonds. The number of carbonyl (C=O) groups excluding carboxylic acids is 1. The van der Waals surface area contributed by atoms with Gasteiger partial charge >= 0.3 is 0 Å². The van der Waals surface area contributed by atoms with Crippen molar-refractivity contribution in [3.8, 4) is 5.75 Å². The first-order valence-electron chi connectivity index (χ1n) is 7.53. The highest BCUT2D eigenvalue weighted by Crippen LogP contribution is 2.28. The number of hydrogen-bond acceptors (Lipinski definition) is 6. The fourth-order valence-corrected chi connectivity index (χ4v) is 2.41. The van der Waals surface area contributed by atoms with Gasteiger partial charge in [-0.25, -0.2) is 5.43 Å². The average Bonchev–Trinajstić information content (AvgIpc) is 2.61. The molecule has 0 bridgehead atoms. The minimum Gasteiger partial charge on any atom is -0.483 e. The van der Waals surface area contributed by atoms with Crippen molar-refractivity contribution in [2.45, 2.75) is 0 Å². The lowest BCUT2D eigenvalue weighted by Gasteiger charge is -2.11. The van der Waals surface area contributed by atoms with E-state index in [0.717, 1.165) is 11.3 Å². The normalized spacial score (nSPS) is 10.6. The van der Waals surface area contributed by atoms with Crippen LogP contribution in [0.15, 0.2) is 52.0 Å². The summed E-state index contributed by atoms with van der Waals surface area (Å²) in [5, 5.41) is 14.5. The molecular formula is C17H17BrN4O4. The number of amides is 1. The van der Waals surface area contributed by atoms with Crippen molar-refractivity contribution in [3.63, 3.8) is 0 Å². The van der Waals surface area contributed by atoms with Gasteiger partial charge in [0, 0.05) is 31.9 Å². The smallest absolute Gasteiger partial charge is 0.277 e. The summed E-state index contributed by atoms with van der Waals surface area (Å²) in [4.78, 5) is 23.9. The predicted molar refractivity (Wildman–Crippen MR) is 103 cm³/mol. The molecule has 0 spiro atoms. The summed E-state index contributed by atoms with van der Waals surface area (Å²) in [5.41, 5.74) is 4.19. The monoisotopic (exact) mass is 420 g/mol. The van der Waals surface area contributed by atoms with Crippen LogP contribution in [-0.2, 0) is 4.79 Å². The van der Waals surface area contributed by atoms with Gasteiger partial charge in [-0.2, -0.15) is 5.10 Å². The Morgan fingerprint density at radius 2 is 2.00 bits per heavy atom. The van der Waals surface area contributed by atoms with Gasteiger partial charge in [0.1, 0.15) is 5.75 Å². The molecule has 2 rings (SSSR count). The standard InChI is InChI=1S/C17H17BrN4O4/c1-21(2)13-5-3-12(4-6-13)10-19-20-17(23)11-26-16-8-7-14(22(24)25)9-15(16)18/h3-10H,11H2,1-2H3,(H,20,23)/b19-10+. The van der Waals surface area contributed by atoms with E-state index < -0.39 is 10.8 Å². The van der Waals surface area contributed by atoms with Crippen LogP contribution in [0.3, 0.4) is 0 Å². The lowest BCUT2D eigenvalue weighted by molar-refractivity contribution is -0.384. The molecule has 0 unspecified atom stereocenters. The predicted octanol–water partition coefficient (Wildman–Crippen LogP) is 2.95. The third kappa shape index (κ3) is 5.55. The van der Waals surface area contributed by atoms with Crippen molar-refractivity contribution in [1.82, 2.24) is 5.43 Å². The Bertz CT molecular complexity index is 822. The molecule has 0 radical (unpaired) electrons. The Labute approximate surface area is 158 Å². The van der Waals surface area contributed by atoms with Crippen molar-refractivity contribution in [2.75, 3.05) is 25.6 Å². The van der Waals surface area contributed by atoms with E-state index in [4.69, 9.17) is 4.74 Å². The van der Waals surface area contributed by atoms with E-state index in [1.165, 1.54) is 24.4 Å². The maximum absolute atomic E-state index is 11.8. The third-order valence-corrected chi connectivity index (χ3v) is 3.92. The van der Waals surface area contributed by atoms with Crippen LogP contribution in [0.5, 0.6) is 5.75 Å². The molecule has 26 heavy (non-hydrogen) atoms. The van der Waals surface area contributed by atoms with E-state index in [1.807, 2.05) is 43.3 Å². The van der Waals surface area contributed by atoms with Crippen LogP contribution in [0, 0.1) is 10.1 Å². The summed E-state index contributed by atoms with van der Waals surface area (Å²) in [7, 11) is 3.90. The number of rotatable bonds is 7. The molecule has 0 fully saturated rings. The molecule has 0 saturated carbocycles. The van der Waals surface area contributed by atoms with Gasteiger partial charge in [-0.3, -0.25) is 14.9 Å². The van der Waals surface area contributed by atoms with Crippen LogP contribution in [-0.4, -0.2) is 37.7 Å². The molecule has 0 aliphatic heterocycles. The number of nitrogens with one attached hydrogen (secondary N) is 1. The van der Waals surface area contributed by atoms with E-state index in [2.05, 4.69) is 26.5 Å². The van der Waals surface area contributed by atoms with Gasteiger partial charge in [0.25, 0.3) is 11.6 Å². The minimum absolute atomic E-state index is 0.0708. The van der Waals surface area contributed by atoms with Crippen molar-refractivity contribution in [2.24, 2.45) is 5.10 Å². The van der Waals surface area contributed by atoms with Crippen LogP contribution >= 0.6 is 15.9 Å². The van der Waals surface area contributed by atoms with Crippen molar-refractivity contribution >= 4 is 39.4 Å². The Morgan fingerprint density at radius 1 is 1.31 bits per heavy atom. The maximum atomic E-state index is 11.8. The van der Waals surface area contributed by atoms with E-state index in [9.17, 15) is 14.9 Å². The van der Waals surface area contributed by atoms with Crippen LogP contribution in [0.4, 0.5) is 11.4 Å². The highest BCUT2D eigenvalue weighted by Gasteiger charge is 2.11. The highest BCUT2D eigenvalue weighted by molar-refractivity contribution is 9.10. The lowest BCUT2D eigenvalue weighted by atomic mass is 10.2. The number of benzene rings is 2. The summed E-state index contributed by atoms with van der Waals surface area (Å²) in [5.74, 6) is -0.120. The van der Waals surface area contributed by atoms with Crippen molar-refractivity contribution < 1.29 is 14.5 Å². The molecule has 1 N–H and O–H groups in total. The number of hydrazone groups is 1. The number of carbonyl (C=O) groups is 1. The molecule has 8 nitrogen and oxygen atoms in total. The van der Waals surface area contributed by atoms with Gasteiger partial charge in [-0.15, -0.1) is 0 Å². The Morgan fingerprint density at radius 3 is 2.58 bits per heavy atom. The number of nitro benzene ring substituents is 1. The Hall–Kier alpha value is -2.94. The number of halogens is 1. The number of nitro groups is 1. The molecule has 0 aliphatic carbocycles. The van der Waals surface area contributed by atoms with Gasteiger partial charge < -0.3 is 9.64 Å². The molecule has 9 heteroatoms. The number of hydrogen-bond donors (Lipinski definition) is 1. The van der Waals surface area contributed by atoms with Crippen LogP contribution in [0.25, 0.3) is 0 Å². The second kappa shape index (κ2) is 8.95. The molecule has 0 saturated heterocycles. The topological polar surface area (TPSA) is 97.1 Å². The van der Waals surface area contributed by atoms with Gasteiger partial charge in [-0.05, 0) is 39.7 Å². The van der Waals surface area contributed by atoms with Gasteiger partial charge in [0.15, 0.2) is 6.61 Å². The van der Waals surface area contributed by atoms with E-state index in [-0.39, 0.29) is 12.3 Å². The second-order valence-corrected chi connectivity index (χ2v) is 6.29. The molecule has 0 aliphatic rings. The summed E-state index contributed by atoms with van der Waals surface area (Å²) < 4.78 is 5.71. The average molecular weight is 421 g/mol. The molecule has 0 atom stereocenters. The zero-order chi connectivity index (χ0) is 19.1. The number of anilines is 1. The quantitative estimate of drug-likeness (QED) is 0.421. The maximum Gasteiger partial charge on any atom is 0.277 e. The zero-order valence-electron chi connectivity index (χ0n) is 14.2. The molecule has 0 heterocycles. The summed E-state index contributed by atoms with van der Waals surface area (Å²) in [6.07, 6.45) is 1.53. The van der Waals surface area contributed by atoms with Gasteiger partial charge in [0.05, 0.1) is 15.6 Å². The largest absolute Gasteiger partial charge is 0.483 e. The van der Waals surface area contributed by atoms with Crippen molar-refractivity contribution in [1.29, 1.82) is 0 Å². The molecule has 2 aromatic carbocycles. The first-order valence-corrected chi connectivity index (χ1v) is 8.32. The van der Waals surface area contributed by atoms with E-state index >= 15 is 0 Å². The number of ether oxygens (including phenoxy) is 1. The first-order chi connectivity index (χ1) is 12.4. The van der Waals surface area contributed by atoms with Gasteiger partial charge in [-0.1, -0.05) is 12.1 Å². The lowest BCUT2D eigenvalue weighted by Crippen LogP contribution is -2.24. The highest BCUT2D eigenvalue weighted by atomic mass is 79.9. The molecular weight excluding hydrogens is 404 g/mol. The zero-order valence-corrected chi connectivity index (χ0v) is 15.8. The van der Waals surface area contributed by atoms with Crippen LogP contribution in [0.1, 0.15) is 5.56 Å². The number of non-ortho nitro benzene ring substituents is 1. The van der Waals surface area contributed by atoms with Crippen LogP contribution in [0.2, 0.25) is 0 Å². The second-order valence-electron chi connectivity index (χ2n) is 5.44. The summed E-state index contributed by atoms with van der Waals surface area (Å²) >= 11 is 3.17. The SMILES string of the molecule is CN(C)c1ccc(/C=N/NC(=O)COc2ccc([N+](=O)[O-])cc2Br)cc1. The fourth-order valence-electron chi connectivity index (χ4n) is 1.93. The minimum atomic E-state index is -0.513. The Balaban J connectivity index is 1.84. The first kappa shape index (κ1) is 19.4. The Kier molecular flexibility index (Phi) is 6.67. The van der Waals surface area contributed by atoms with E-state index in [0.29, 0.717) is 10.2 Å². The summed E-state index contributed by atoms with van der Waals surface area (Å²) in [6.45, 7) is -0.271. The van der Waals surface area contributed by atoms with E-state index in [1.54, 1.807) is 0 Å². The molecule has 136 valence electrons. The van der Waals surface area contributed by atoms with Crippen LogP contribution < -0.4 is 15.1 Å².